The third kappa shape index (κ3) is 7.16. The second-order valence-corrected chi connectivity index (χ2v) is 6.22. The van der Waals surface area contributed by atoms with E-state index in [1.807, 2.05) is 32.9 Å². The van der Waals surface area contributed by atoms with Gasteiger partial charge in [0.05, 0.1) is 19.8 Å². The molecule has 7 nitrogen and oxygen atoms in total. The molecule has 0 aliphatic heterocycles. The van der Waals surface area contributed by atoms with E-state index in [4.69, 9.17) is 14.2 Å². The molecule has 0 fully saturated rings. The first kappa shape index (κ1) is 22.8. The standard InChI is InChI=1S/C23H28N2O5/c1-4-15-30-20-13-7-17(16-21(20)29-6-3)8-14-22(26)24-25-23(27)18-9-11-19(12-10-18)28-5-2/h7-14,16H,4-6,15H2,1-3H3,(H,24,26)(H,25,27)/b14-8+. The molecule has 0 saturated heterocycles. The van der Waals surface area contributed by atoms with Crippen molar-refractivity contribution < 1.29 is 23.8 Å². The smallest absolute Gasteiger partial charge is 0.269 e. The number of hydrogen-bond acceptors (Lipinski definition) is 5. The summed E-state index contributed by atoms with van der Waals surface area (Å²) in [5.41, 5.74) is 5.92. The van der Waals surface area contributed by atoms with Crippen molar-refractivity contribution in [3.05, 3.63) is 59.7 Å². The minimum absolute atomic E-state index is 0.409. The average molecular weight is 412 g/mol. The summed E-state index contributed by atoms with van der Waals surface area (Å²) >= 11 is 0. The Balaban J connectivity index is 1.92. The van der Waals surface area contributed by atoms with Gasteiger partial charge in [-0.2, -0.15) is 0 Å². The van der Waals surface area contributed by atoms with Crippen molar-refractivity contribution >= 4 is 17.9 Å². The van der Waals surface area contributed by atoms with Crippen LogP contribution in [0.2, 0.25) is 0 Å². The highest BCUT2D eigenvalue weighted by Gasteiger charge is 2.07. The van der Waals surface area contributed by atoms with Crippen LogP contribution < -0.4 is 25.1 Å². The van der Waals surface area contributed by atoms with Crippen LogP contribution in [-0.4, -0.2) is 31.6 Å². The molecule has 2 amide bonds. The minimum Gasteiger partial charge on any atom is -0.494 e. The molecular weight excluding hydrogens is 384 g/mol. The Hall–Kier alpha value is -3.48. The number of benzene rings is 2. The molecule has 0 aromatic heterocycles. The topological polar surface area (TPSA) is 85.9 Å². The molecular formula is C23H28N2O5. The summed E-state index contributed by atoms with van der Waals surface area (Å²) in [4.78, 5) is 24.1. The molecule has 0 heterocycles. The maximum atomic E-state index is 12.1. The van der Waals surface area contributed by atoms with Gasteiger partial charge in [0.1, 0.15) is 5.75 Å². The fourth-order valence-corrected chi connectivity index (χ4v) is 2.50. The van der Waals surface area contributed by atoms with Crippen molar-refractivity contribution in [1.82, 2.24) is 10.9 Å². The van der Waals surface area contributed by atoms with Gasteiger partial charge in [0.2, 0.25) is 0 Å². The number of hydrazine groups is 1. The third-order valence-corrected chi connectivity index (χ3v) is 3.88. The molecule has 0 saturated carbocycles. The fourth-order valence-electron chi connectivity index (χ4n) is 2.50. The summed E-state index contributed by atoms with van der Waals surface area (Å²) in [5, 5.41) is 0. The van der Waals surface area contributed by atoms with Crippen molar-refractivity contribution in [2.24, 2.45) is 0 Å². The second-order valence-electron chi connectivity index (χ2n) is 6.22. The van der Waals surface area contributed by atoms with Gasteiger partial charge in [0.25, 0.3) is 11.8 Å². The lowest BCUT2D eigenvalue weighted by Crippen LogP contribution is -2.40. The molecule has 0 spiro atoms. The van der Waals surface area contributed by atoms with Crippen molar-refractivity contribution in [1.29, 1.82) is 0 Å². The van der Waals surface area contributed by atoms with E-state index in [-0.39, 0.29) is 0 Å². The Morgan fingerprint density at radius 1 is 0.867 bits per heavy atom. The van der Waals surface area contributed by atoms with Crippen LogP contribution in [0.25, 0.3) is 6.08 Å². The molecule has 2 rings (SSSR count). The zero-order valence-corrected chi connectivity index (χ0v) is 17.6. The van der Waals surface area contributed by atoms with Gasteiger partial charge in [0.15, 0.2) is 11.5 Å². The Bertz CT molecular complexity index is 862. The average Bonchev–Trinajstić information content (AvgIpc) is 2.76. The SMILES string of the molecule is CCCOc1ccc(/C=C/C(=O)NNC(=O)c2ccc(OCC)cc2)cc1OCC. The number of hydrogen-bond donors (Lipinski definition) is 2. The summed E-state index contributed by atoms with van der Waals surface area (Å²) in [5.74, 6) is 1.09. The first-order valence-electron chi connectivity index (χ1n) is 9.98. The second kappa shape index (κ2) is 12.2. The van der Waals surface area contributed by atoms with Crippen LogP contribution in [0.15, 0.2) is 48.5 Å². The zero-order chi connectivity index (χ0) is 21.8. The monoisotopic (exact) mass is 412 g/mol. The lowest BCUT2D eigenvalue weighted by molar-refractivity contribution is -0.117. The first-order valence-corrected chi connectivity index (χ1v) is 9.98. The van der Waals surface area contributed by atoms with Crippen LogP contribution in [0.3, 0.4) is 0 Å². The molecule has 2 aromatic carbocycles. The van der Waals surface area contributed by atoms with Crippen molar-refractivity contribution in [2.45, 2.75) is 27.2 Å². The molecule has 0 bridgehead atoms. The molecule has 160 valence electrons. The largest absolute Gasteiger partial charge is 0.494 e. The van der Waals surface area contributed by atoms with Crippen LogP contribution in [-0.2, 0) is 4.79 Å². The van der Waals surface area contributed by atoms with Crippen LogP contribution in [0, 0.1) is 0 Å². The molecule has 7 heteroatoms. The highest BCUT2D eigenvalue weighted by atomic mass is 16.5. The Morgan fingerprint density at radius 2 is 1.60 bits per heavy atom. The molecule has 2 N–H and O–H groups in total. The maximum absolute atomic E-state index is 12.1. The lowest BCUT2D eigenvalue weighted by atomic mass is 10.2. The van der Waals surface area contributed by atoms with Gasteiger partial charge < -0.3 is 14.2 Å². The summed E-state index contributed by atoms with van der Waals surface area (Å²) < 4.78 is 16.6. The summed E-state index contributed by atoms with van der Waals surface area (Å²) in [7, 11) is 0. The number of carbonyl (C=O) groups is 2. The number of amides is 2. The summed E-state index contributed by atoms with van der Waals surface area (Å²) in [6, 6.07) is 12.1. The molecule has 0 radical (unpaired) electrons. The number of rotatable bonds is 10. The van der Waals surface area contributed by atoms with Crippen LogP contribution in [0.1, 0.15) is 43.1 Å². The zero-order valence-electron chi connectivity index (χ0n) is 17.6. The van der Waals surface area contributed by atoms with E-state index in [2.05, 4.69) is 10.9 Å². The van der Waals surface area contributed by atoms with Crippen LogP contribution in [0.4, 0.5) is 0 Å². The molecule has 0 aliphatic rings. The van der Waals surface area contributed by atoms with E-state index in [0.717, 1.165) is 12.0 Å². The van der Waals surface area contributed by atoms with E-state index < -0.39 is 11.8 Å². The van der Waals surface area contributed by atoms with Crippen molar-refractivity contribution in [2.75, 3.05) is 19.8 Å². The van der Waals surface area contributed by atoms with E-state index >= 15 is 0 Å². The number of ether oxygens (including phenoxy) is 3. The molecule has 30 heavy (non-hydrogen) atoms. The maximum Gasteiger partial charge on any atom is 0.269 e. The fraction of sp³-hybridized carbons (Fsp3) is 0.304. The van der Waals surface area contributed by atoms with Crippen molar-refractivity contribution in [3.8, 4) is 17.2 Å². The predicted molar refractivity (Wildman–Crippen MR) is 116 cm³/mol. The Morgan fingerprint density at radius 3 is 2.27 bits per heavy atom. The van der Waals surface area contributed by atoms with E-state index in [9.17, 15) is 9.59 Å². The lowest BCUT2D eigenvalue weighted by Gasteiger charge is -2.12. The highest BCUT2D eigenvalue weighted by molar-refractivity contribution is 5.98. The van der Waals surface area contributed by atoms with Crippen LogP contribution >= 0.6 is 0 Å². The normalized spacial score (nSPS) is 10.5. The minimum atomic E-state index is -0.460. The van der Waals surface area contributed by atoms with E-state index in [0.29, 0.717) is 42.6 Å². The van der Waals surface area contributed by atoms with E-state index in [1.54, 1.807) is 36.4 Å². The van der Waals surface area contributed by atoms with Gasteiger partial charge in [-0.3, -0.25) is 20.4 Å². The van der Waals surface area contributed by atoms with Gasteiger partial charge >= 0.3 is 0 Å². The predicted octanol–water partition coefficient (Wildman–Crippen LogP) is 3.75. The van der Waals surface area contributed by atoms with E-state index in [1.165, 1.54) is 6.08 Å². The van der Waals surface area contributed by atoms with Crippen molar-refractivity contribution in [3.63, 3.8) is 0 Å². The molecule has 0 atom stereocenters. The van der Waals surface area contributed by atoms with Gasteiger partial charge in [-0.15, -0.1) is 0 Å². The first-order chi connectivity index (χ1) is 14.6. The molecule has 0 aliphatic carbocycles. The Kier molecular flexibility index (Phi) is 9.24. The molecule has 0 unspecified atom stereocenters. The van der Waals surface area contributed by atoms with Gasteiger partial charge in [-0.25, -0.2) is 0 Å². The molecule has 2 aromatic rings. The van der Waals surface area contributed by atoms with Crippen LogP contribution in [0.5, 0.6) is 17.2 Å². The van der Waals surface area contributed by atoms with Gasteiger partial charge in [0, 0.05) is 11.6 Å². The Labute approximate surface area is 177 Å². The van der Waals surface area contributed by atoms with Gasteiger partial charge in [-0.1, -0.05) is 13.0 Å². The number of carbonyl (C=O) groups excluding carboxylic acids is 2. The van der Waals surface area contributed by atoms with Gasteiger partial charge in [-0.05, 0) is 68.3 Å². The summed E-state index contributed by atoms with van der Waals surface area (Å²) in [6.45, 7) is 7.47. The number of nitrogens with one attached hydrogen (secondary N) is 2. The highest BCUT2D eigenvalue weighted by Crippen LogP contribution is 2.29. The summed E-state index contributed by atoms with van der Waals surface area (Å²) in [6.07, 6.45) is 3.86. The quantitative estimate of drug-likeness (QED) is 0.459. The third-order valence-electron chi connectivity index (χ3n) is 3.88.